The summed E-state index contributed by atoms with van der Waals surface area (Å²) in [5.74, 6) is -1.92. The number of nitrogens with one attached hydrogen (secondary N) is 1. The lowest BCUT2D eigenvalue weighted by molar-refractivity contribution is -0.384. The number of carbonyl (C=O) groups excluding carboxylic acids is 1. The second-order valence-corrected chi connectivity index (χ2v) is 5.16. The fourth-order valence-electron chi connectivity index (χ4n) is 2.39. The molecule has 114 valence electrons. The Hall–Kier alpha value is -2.25. The van der Waals surface area contributed by atoms with Crippen LogP contribution in [0.15, 0.2) is 12.1 Å². The Morgan fingerprint density at radius 3 is 2.81 bits per heavy atom. The van der Waals surface area contributed by atoms with Gasteiger partial charge in [0.05, 0.1) is 11.0 Å². The Morgan fingerprint density at radius 2 is 2.19 bits per heavy atom. The minimum Gasteiger partial charge on any atom is -0.324 e. The van der Waals surface area contributed by atoms with E-state index in [1.165, 1.54) is 4.90 Å². The van der Waals surface area contributed by atoms with Crippen LogP contribution in [0.25, 0.3) is 0 Å². The zero-order valence-corrected chi connectivity index (χ0v) is 11.4. The van der Waals surface area contributed by atoms with Crippen molar-refractivity contribution in [3.63, 3.8) is 0 Å². The molecule has 2 amide bonds. The Labute approximate surface area is 119 Å². The van der Waals surface area contributed by atoms with Crippen molar-refractivity contribution in [1.82, 2.24) is 4.90 Å². The highest BCUT2D eigenvalue weighted by Gasteiger charge is 2.26. The van der Waals surface area contributed by atoms with Gasteiger partial charge < -0.3 is 4.90 Å². The summed E-state index contributed by atoms with van der Waals surface area (Å²) in [6.45, 7) is 3.00. The number of rotatable bonds is 2. The first-order chi connectivity index (χ1) is 9.88. The summed E-state index contributed by atoms with van der Waals surface area (Å²) in [6.07, 6.45) is 1.82. The van der Waals surface area contributed by atoms with Gasteiger partial charge >= 0.3 is 6.03 Å². The summed E-state index contributed by atoms with van der Waals surface area (Å²) < 4.78 is 26.7. The van der Waals surface area contributed by atoms with Crippen LogP contribution < -0.4 is 5.32 Å². The Kier molecular flexibility index (Phi) is 4.35. The van der Waals surface area contributed by atoms with Crippen LogP contribution in [0, 0.1) is 27.7 Å². The van der Waals surface area contributed by atoms with Gasteiger partial charge in [-0.2, -0.15) is 0 Å². The Balaban J connectivity index is 2.22. The van der Waals surface area contributed by atoms with E-state index in [4.69, 9.17) is 0 Å². The largest absolute Gasteiger partial charge is 0.324 e. The van der Waals surface area contributed by atoms with Crippen molar-refractivity contribution < 1.29 is 18.5 Å². The number of piperidine rings is 1. The van der Waals surface area contributed by atoms with E-state index in [0.717, 1.165) is 12.8 Å². The summed E-state index contributed by atoms with van der Waals surface area (Å²) in [6, 6.07) is 0.467. The first-order valence-corrected chi connectivity index (χ1v) is 6.58. The number of urea groups is 1. The molecule has 21 heavy (non-hydrogen) atoms. The number of carbonyl (C=O) groups is 1. The molecule has 1 aromatic rings. The summed E-state index contributed by atoms with van der Waals surface area (Å²) in [5.41, 5.74) is -1.41. The van der Waals surface area contributed by atoms with E-state index < -0.39 is 34.0 Å². The van der Waals surface area contributed by atoms with Crippen LogP contribution in [-0.4, -0.2) is 28.9 Å². The molecule has 1 unspecified atom stereocenters. The number of benzene rings is 1. The van der Waals surface area contributed by atoms with Gasteiger partial charge in [0, 0.05) is 19.2 Å². The third-order valence-corrected chi connectivity index (χ3v) is 3.41. The topological polar surface area (TPSA) is 75.5 Å². The number of halogens is 2. The van der Waals surface area contributed by atoms with Gasteiger partial charge in [-0.1, -0.05) is 6.92 Å². The maximum atomic E-state index is 13.7. The van der Waals surface area contributed by atoms with E-state index in [0.29, 0.717) is 31.1 Å². The molecule has 6 nitrogen and oxygen atoms in total. The molecule has 1 saturated heterocycles. The maximum Gasteiger partial charge on any atom is 0.322 e. The molecule has 1 fully saturated rings. The Bertz CT molecular complexity index is 580. The molecule has 8 heteroatoms. The van der Waals surface area contributed by atoms with E-state index in [9.17, 15) is 23.7 Å². The molecule has 1 aliphatic rings. The van der Waals surface area contributed by atoms with Gasteiger partial charge in [-0.3, -0.25) is 15.4 Å². The SMILES string of the molecule is CC1CCCN(C(=O)Nc2c(F)cc(F)cc2[N+](=O)[O-])C1. The van der Waals surface area contributed by atoms with Crippen LogP contribution in [0.1, 0.15) is 19.8 Å². The molecule has 0 saturated carbocycles. The number of nitro groups is 1. The standard InChI is InChI=1S/C13H15F2N3O3/c1-8-3-2-4-17(7-8)13(19)16-12-10(15)5-9(14)6-11(12)18(20)21/h5-6,8H,2-4,7H2,1H3,(H,16,19). The van der Waals surface area contributed by atoms with Gasteiger partial charge in [0.2, 0.25) is 0 Å². The first-order valence-electron chi connectivity index (χ1n) is 6.58. The summed E-state index contributed by atoms with van der Waals surface area (Å²) in [5, 5.41) is 13.0. The van der Waals surface area contributed by atoms with Crippen LogP contribution in [0.2, 0.25) is 0 Å². The molecule has 1 atom stereocenters. The van der Waals surface area contributed by atoms with E-state index in [2.05, 4.69) is 5.32 Å². The van der Waals surface area contributed by atoms with Crippen LogP contribution in [0.5, 0.6) is 0 Å². The number of likely N-dealkylation sites (tertiary alicyclic amines) is 1. The molecule has 1 heterocycles. The van der Waals surface area contributed by atoms with Gasteiger partial charge in [0.25, 0.3) is 5.69 Å². The lowest BCUT2D eigenvalue weighted by Crippen LogP contribution is -2.41. The van der Waals surface area contributed by atoms with Crippen LogP contribution in [0.4, 0.5) is 25.0 Å². The van der Waals surface area contributed by atoms with Crippen LogP contribution in [0.3, 0.4) is 0 Å². The van der Waals surface area contributed by atoms with Crippen molar-refractivity contribution in [2.45, 2.75) is 19.8 Å². The number of hydrogen-bond donors (Lipinski definition) is 1. The summed E-state index contributed by atoms with van der Waals surface area (Å²) in [7, 11) is 0. The van der Waals surface area contributed by atoms with Gasteiger partial charge in [0.1, 0.15) is 5.82 Å². The van der Waals surface area contributed by atoms with Crippen molar-refractivity contribution in [3.8, 4) is 0 Å². The van der Waals surface area contributed by atoms with E-state index in [1.54, 1.807) is 0 Å². The molecule has 1 aromatic carbocycles. The lowest BCUT2D eigenvalue weighted by Gasteiger charge is -2.30. The highest BCUT2D eigenvalue weighted by molar-refractivity contribution is 5.92. The summed E-state index contributed by atoms with van der Waals surface area (Å²) in [4.78, 5) is 23.4. The van der Waals surface area contributed by atoms with E-state index in [1.807, 2.05) is 6.92 Å². The van der Waals surface area contributed by atoms with E-state index >= 15 is 0 Å². The summed E-state index contributed by atoms with van der Waals surface area (Å²) >= 11 is 0. The van der Waals surface area contributed by atoms with Crippen molar-refractivity contribution in [2.24, 2.45) is 5.92 Å². The molecule has 0 aliphatic carbocycles. The fourth-order valence-corrected chi connectivity index (χ4v) is 2.39. The van der Waals surface area contributed by atoms with Crippen molar-refractivity contribution in [3.05, 3.63) is 33.9 Å². The molecule has 0 spiro atoms. The van der Waals surface area contributed by atoms with Gasteiger partial charge in [-0.15, -0.1) is 0 Å². The van der Waals surface area contributed by atoms with Crippen molar-refractivity contribution >= 4 is 17.4 Å². The van der Waals surface area contributed by atoms with E-state index in [-0.39, 0.29) is 0 Å². The highest BCUT2D eigenvalue weighted by atomic mass is 19.1. The molecule has 1 aliphatic heterocycles. The second kappa shape index (κ2) is 6.02. The zero-order valence-electron chi connectivity index (χ0n) is 11.4. The number of amides is 2. The lowest BCUT2D eigenvalue weighted by atomic mass is 10.0. The second-order valence-electron chi connectivity index (χ2n) is 5.16. The van der Waals surface area contributed by atoms with Gasteiger partial charge in [0.15, 0.2) is 11.5 Å². The quantitative estimate of drug-likeness (QED) is 0.673. The van der Waals surface area contributed by atoms with Gasteiger partial charge in [-0.25, -0.2) is 13.6 Å². The first kappa shape index (κ1) is 15.1. The monoisotopic (exact) mass is 299 g/mol. The van der Waals surface area contributed by atoms with Crippen LogP contribution in [-0.2, 0) is 0 Å². The molecular weight excluding hydrogens is 284 g/mol. The van der Waals surface area contributed by atoms with Crippen molar-refractivity contribution in [1.29, 1.82) is 0 Å². The predicted octanol–water partition coefficient (Wildman–Crippen LogP) is 3.14. The number of hydrogen-bond acceptors (Lipinski definition) is 3. The molecular formula is C13H15F2N3O3. The average Bonchev–Trinajstić information content (AvgIpc) is 2.41. The smallest absolute Gasteiger partial charge is 0.322 e. The predicted molar refractivity (Wildman–Crippen MR) is 72.0 cm³/mol. The number of nitro benzene ring substituents is 1. The normalized spacial score (nSPS) is 18.4. The average molecular weight is 299 g/mol. The third kappa shape index (κ3) is 3.45. The Morgan fingerprint density at radius 1 is 1.48 bits per heavy atom. The fraction of sp³-hybridized carbons (Fsp3) is 0.462. The van der Waals surface area contributed by atoms with Gasteiger partial charge in [-0.05, 0) is 18.8 Å². The molecule has 1 N–H and O–H groups in total. The molecule has 0 aromatic heterocycles. The third-order valence-electron chi connectivity index (χ3n) is 3.41. The minimum absolute atomic E-state index is 0.317. The maximum absolute atomic E-state index is 13.7. The molecule has 0 radical (unpaired) electrons. The van der Waals surface area contributed by atoms with Crippen LogP contribution >= 0.6 is 0 Å². The number of nitrogens with zero attached hydrogens (tertiary/aromatic N) is 2. The molecule has 0 bridgehead atoms. The zero-order chi connectivity index (χ0) is 15.6. The highest BCUT2D eigenvalue weighted by Crippen LogP contribution is 2.29. The van der Waals surface area contributed by atoms with Crippen molar-refractivity contribution in [2.75, 3.05) is 18.4 Å². The molecule has 2 rings (SSSR count). The number of anilines is 1. The minimum atomic E-state index is -1.17.